The van der Waals surface area contributed by atoms with Crippen LogP contribution in [0.1, 0.15) is 5.56 Å². The monoisotopic (exact) mass is 161 g/mol. The minimum atomic E-state index is 0.493. The van der Waals surface area contributed by atoms with Gasteiger partial charge in [-0.25, -0.2) is 4.98 Å². The smallest absolute Gasteiger partial charge is 0.214 e. The summed E-state index contributed by atoms with van der Waals surface area (Å²) in [5.41, 5.74) is 0.717. The highest BCUT2D eigenvalue weighted by Gasteiger charge is 1.91. The molecule has 0 amide bonds. The molecule has 3 heteroatoms. The lowest BCUT2D eigenvalue weighted by molar-refractivity contribution is -0.103. The third-order valence-electron chi connectivity index (χ3n) is 1.22. The predicted octanol–water partition coefficient (Wildman–Crippen LogP) is 0.641. The molecule has 0 aromatic carbocycles. The third-order valence-corrected chi connectivity index (χ3v) is 1.22. The summed E-state index contributed by atoms with van der Waals surface area (Å²) in [7, 11) is 1.53. The molecular weight excluding hydrogens is 154 g/mol. The van der Waals surface area contributed by atoms with E-state index in [0.29, 0.717) is 17.7 Å². The molecule has 0 bridgehead atoms. The van der Waals surface area contributed by atoms with Crippen molar-refractivity contribution < 1.29 is 9.53 Å². The van der Waals surface area contributed by atoms with Crippen molar-refractivity contribution in [2.45, 2.75) is 0 Å². The number of hydrogen-bond acceptors (Lipinski definition) is 3. The van der Waals surface area contributed by atoms with E-state index in [1.807, 2.05) is 0 Å². The summed E-state index contributed by atoms with van der Waals surface area (Å²) < 4.78 is 4.87. The summed E-state index contributed by atoms with van der Waals surface area (Å²) in [6.07, 6.45) is 2.13. The number of carbonyl (C=O) groups excluding carboxylic acids is 1. The van der Waals surface area contributed by atoms with E-state index in [1.54, 1.807) is 18.3 Å². The topological polar surface area (TPSA) is 39.2 Å². The number of rotatable bonds is 1. The maximum atomic E-state index is 9.91. The van der Waals surface area contributed by atoms with Crippen molar-refractivity contribution in [2.24, 2.45) is 0 Å². The van der Waals surface area contributed by atoms with E-state index < -0.39 is 0 Å². The van der Waals surface area contributed by atoms with Crippen molar-refractivity contribution in [2.75, 3.05) is 7.11 Å². The van der Waals surface area contributed by atoms with Crippen LogP contribution in [0.15, 0.2) is 18.3 Å². The van der Waals surface area contributed by atoms with Gasteiger partial charge in [-0.15, -0.1) is 0 Å². The molecule has 1 heterocycles. The van der Waals surface area contributed by atoms with E-state index in [1.165, 1.54) is 7.11 Å². The molecule has 0 spiro atoms. The second-order valence-electron chi connectivity index (χ2n) is 1.97. The summed E-state index contributed by atoms with van der Waals surface area (Å²) in [4.78, 5) is 13.8. The molecule has 0 saturated carbocycles. The Morgan fingerprint density at radius 1 is 1.67 bits per heavy atom. The highest BCUT2D eigenvalue weighted by Crippen LogP contribution is 2.06. The van der Waals surface area contributed by atoms with Crippen LogP contribution in [0.4, 0.5) is 0 Å². The average Bonchev–Trinajstić information content (AvgIpc) is 2.15. The molecular formula is C9H7NO2. The average molecular weight is 161 g/mol. The summed E-state index contributed by atoms with van der Waals surface area (Å²) in [5.74, 6) is 5.43. The molecule has 0 radical (unpaired) electrons. The van der Waals surface area contributed by atoms with Crippen molar-refractivity contribution in [1.29, 1.82) is 0 Å². The van der Waals surface area contributed by atoms with Crippen molar-refractivity contribution in [1.82, 2.24) is 4.98 Å². The number of hydrogen-bond donors (Lipinski definition) is 0. The van der Waals surface area contributed by atoms with Gasteiger partial charge in [-0.2, -0.15) is 0 Å². The van der Waals surface area contributed by atoms with Gasteiger partial charge in [0.05, 0.1) is 7.11 Å². The molecule has 0 aliphatic rings. The van der Waals surface area contributed by atoms with Crippen molar-refractivity contribution in [3.05, 3.63) is 23.9 Å². The van der Waals surface area contributed by atoms with Crippen molar-refractivity contribution >= 4 is 6.29 Å². The minimum absolute atomic E-state index is 0.493. The molecule has 0 atom stereocenters. The first-order chi connectivity index (χ1) is 5.86. The molecule has 12 heavy (non-hydrogen) atoms. The zero-order valence-electron chi connectivity index (χ0n) is 6.57. The van der Waals surface area contributed by atoms with Gasteiger partial charge in [0, 0.05) is 17.8 Å². The lowest BCUT2D eigenvalue weighted by atomic mass is 10.3. The van der Waals surface area contributed by atoms with Crippen LogP contribution in [0.5, 0.6) is 5.88 Å². The highest BCUT2D eigenvalue weighted by atomic mass is 16.5. The van der Waals surface area contributed by atoms with Gasteiger partial charge in [-0.05, 0) is 12.0 Å². The largest absolute Gasteiger partial charge is 0.481 e. The lowest BCUT2D eigenvalue weighted by Gasteiger charge is -1.96. The van der Waals surface area contributed by atoms with Gasteiger partial charge in [0.2, 0.25) is 5.88 Å². The molecule has 3 nitrogen and oxygen atoms in total. The zero-order valence-corrected chi connectivity index (χ0v) is 6.57. The molecule has 0 aliphatic heterocycles. The Hall–Kier alpha value is -1.82. The second-order valence-corrected chi connectivity index (χ2v) is 1.97. The molecule has 60 valence electrons. The number of aromatic nitrogens is 1. The van der Waals surface area contributed by atoms with Crippen LogP contribution in [-0.2, 0) is 4.79 Å². The first kappa shape index (κ1) is 8.28. The first-order valence-electron chi connectivity index (χ1n) is 3.32. The number of carbonyl (C=O) groups is 1. The number of aldehydes is 1. The third kappa shape index (κ3) is 2.10. The molecule has 1 rings (SSSR count). The van der Waals surface area contributed by atoms with Gasteiger partial charge in [0.15, 0.2) is 6.29 Å². The predicted molar refractivity (Wildman–Crippen MR) is 43.7 cm³/mol. The first-order valence-corrected chi connectivity index (χ1v) is 3.32. The molecule has 0 unspecified atom stereocenters. The second kappa shape index (κ2) is 4.14. The van der Waals surface area contributed by atoms with Crippen LogP contribution in [0.3, 0.4) is 0 Å². The number of nitrogens with zero attached hydrogens (tertiary/aromatic N) is 1. The van der Waals surface area contributed by atoms with Crippen molar-refractivity contribution in [3.8, 4) is 17.7 Å². The standard InChI is InChI=1S/C9H7NO2/c1-12-9-7-8(3-2-6-11)4-5-10-9/h4-7H,1H3. The van der Waals surface area contributed by atoms with Gasteiger partial charge in [-0.1, -0.05) is 5.92 Å². The molecule has 1 aromatic rings. The van der Waals surface area contributed by atoms with Crippen LogP contribution >= 0.6 is 0 Å². The fraction of sp³-hybridized carbons (Fsp3) is 0.111. The molecule has 0 N–H and O–H groups in total. The molecule has 0 aliphatic carbocycles. The van der Waals surface area contributed by atoms with Gasteiger partial charge < -0.3 is 4.74 Å². The summed E-state index contributed by atoms with van der Waals surface area (Å²) >= 11 is 0. The summed E-state index contributed by atoms with van der Waals surface area (Å²) in [5, 5.41) is 0. The fourth-order valence-corrected chi connectivity index (χ4v) is 0.712. The lowest BCUT2D eigenvalue weighted by Crippen LogP contribution is -1.86. The highest BCUT2D eigenvalue weighted by molar-refractivity contribution is 5.73. The number of methoxy groups -OCH3 is 1. The summed E-state index contributed by atoms with van der Waals surface area (Å²) in [6.45, 7) is 0. The van der Waals surface area contributed by atoms with Crippen LogP contribution in [0.25, 0.3) is 0 Å². The SMILES string of the molecule is COc1cc(C#CC=O)ccn1. The van der Waals surface area contributed by atoms with Gasteiger partial charge in [0.1, 0.15) is 0 Å². The Labute approximate surface area is 70.4 Å². The van der Waals surface area contributed by atoms with Gasteiger partial charge >= 0.3 is 0 Å². The Morgan fingerprint density at radius 3 is 3.17 bits per heavy atom. The Morgan fingerprint density at radius 2 is 2.50 bits per heavy atom. The number of ether oxygens (including phenoxy) is 1. The van der Waals surface area contributed by atoms with E-state index in [9.17, 15) is 4.79 Å². The maximum Gasteiger partial charge on any atom is 0.214 e. The molecule has 0 saturated heterocycles. The minimum Gasteiger partial charge on any atom is -0.481 e. The van der Waals surface area contributed by atoms with E-state index in [-0.39, 0.29) is 0 Å². The Balaban J connectivity index is 2.93. The zero-order chi connectivity index (χ0) is 8.81. The maximum absolute atomic E-state index is 9.91. The normalized spacial score (nSPS) is 8.08. The van der Waals surface area contributed by atoms with Gasteiger partial charge in [0.25, 0.3) is 0 Å². The Bertz CT molecular complexity index is 336. The van der Waals surface area contributed by atoms with E-state index >= 15 is 0 Å². The number of pyridine rings is 1. The quantitative estimate of drug-likeness (QED) is 0.448. The molecule has 0 fully saturated rings. The van der Waals surface area contributed by atoms with Crippen LogP contribution < -0.4 is 4.74 Å². The van der Waals surface area contributed by atoms with Crippen LogP contribution in [0.2, 0.25) is 0 Å². The summed E-state index contributed by atoms with van der Waals surface area (Å²) in [6, 6.07) is 3.37. The Kier molecular flexibility index (Phi) is 2.86. The van der Waals surface area contributed by atoms with Gasteiger partial charge in [-0.3, -0.25) is 4.79 Å². The van der Waals surface area contributed by atoms with E-state index in [4.69, 9.17) is 4.74 Å². The van der Waals surface area contributed by atoms with Crippen LogP contribution in [-0.4, -0.2) is 18.4 Å². The fourth-order valence-electron chi connectivity index (χ4n) is 0.712. The van der Waals surface area contributed by atoms with Crippen molar-refractivity contribution in [3.63, 3.8) is 0 Å². The molecule has 1 aromatic heterocycles. The van der Waals surface area contributed by atoms with Crippen LogP contribution in [0, 0.1) is 11.8 Å². The van der Waals surface area contributed by atoms with E-state index in [2.05, 4.69) is 16.8 Å². The van der Waals surface area contributed by atoms with E-state index in [0.717, 1.165) is 0 Å².